The number of carbonyl (C=O) groups is 1. The van der Waals surface area contributed by atoms with Crippen molar-refractivity contribution >= 4 is 11.6 Å². The van der Waals surface area contributed by atoms with E-state index in [4.69, 9.17) is 10.2 Å². The molecule has 0 unspecified atom stereocenters. The summed E-state index contributed by atoms with van der Waals surface area (Å²) in [6.45, 7) is 4.72. The summed E-state index contributed by atoms with van der Waals surface area (Å²) in [4.78, 5) is 17.9. The van der Waals surface area contributed by atoms with Crippen molar-refractivity contribution in [1.29, 1.82) is 0 Å². The predicted octanol–water partition coefficient (Wildman–Crippen LogP) is 0.329. The van der Waals surface area contributed by atoms with E-state index in [0.717, 1.165) is 0 Å². The number of amides is 1. The maximum absolute atomic E-state index is 12.1. The van der Waals surface area contributed by atoms with Gasteiger partial charge in [0, 0.05) is 25.0 Å². The van der Waals surface area contributed by atoms with Crippen LogP contribution < -0.4 is 5.32 Å². The average molecular weight is 267 g/mol. The monoisotopic (exact) mass is 267 g/mol. The number of aliphatic hydroxyl groups excluding tert-OH is 2. The summed E-state index contributed by atoms with van der Waals surface area (Å²) >= 11 is 0. The van der Waals surface area contributed by atoms with Gasteiger partial charge in [-0.15, -0.1) is 0 Å². The number of hydrogen-bond acceptors (Lipinski definition) is 5. The lowest BCUT2D eigenvalue weighted by molar-refractivity contribution is 0.0767. The van der Waals surface area contributed by atoms with Crippen molar-refractivity contribution in [2.75, 3.05) is 31.6 Å². The molecule has 6 nitrogen and oxygen atoms in total. The standard InChI is InChI=1S/C13H21N3O3/c1-3-16(4-2)13(19)12-7-10(5-6-14-12)15-11(8-17)9-18/h5-7,11,17-18H,3-4,8-9H2,1-2H3,(H,14,15). The normalized spacial score (nSPS) is 10.6. The topological polar surface area (TPSA) is 85.7 Å². The summed E-state index contributed by atoms with van der Waals surface area (Å²) in [7, 11) is 0. The highest BCUT2D eigenvalue weighted by Gasteiger charge is 2.14. The Balaban J connectivity index is 2.84. The molecular weight excluding hydrogens is 246 g/mol. The first kappa shape index (κ1) is 15.4. The molecule has 0 atom stereocenters. The Morgan fingerprint density at radius 1 is 1.37 bits per heavy atom. The number of anilines is 1. The fourth-order valence-corrected chi connectivity index (χ4v) is 1.69. The van der Waals surface area contributed by atoms with Crippen molar-refractivity contribution in [2.45, 2.75) is 19.9 Å². The van der Waals surface area contributed by atoms with Crippen LogP contribution >= 0.6 is 0 Å². The molecular formula is C13H21N3O3. The van der Waals surface area contributed by atoms with Gasteiger partial charge in [0.2, 0.25) is 0 Å². The maximum Gasteiger partial charge on any atom is 0.272 e. The van der Waals surface area contributed by atoms with Gasteiger partial charge in [0.1, 0.15) is 5.69 Å². The summed E-state index contributed by atoms with van der Waals surface area (Å²) in [5.74, 6) is -0.127. The molecule has 0 saturated carbocycles. The van der Waals surface area contributed by atoms with Gasteiger partial charge in [-0.25, -0.2) is 0 Å². The van der Waals surface area contributed by atoms with Crippen LogP contribution in [-0.2, 0) is 0 Å². The molecule has 3 N–H and O–H groups in total. The fraction of sp³-hybridized carbons (Fsp3) is 0.538. The molecule has 1 rings (SSSR count). The van der Waals surface area contributed by atoms with Crippen molar-refractivity contribution in [3.05, 3.63) is 24.0 Å². The van der Waals surface area contributed by atoms with Crippen LogP contribution in [0.5, 0.6) is 0 Å². The predicted molar refractivity (Wildman–Crippen MR) is 73.1 cm³/mol. The summed E-state index contributed by atoms with van der Waals surface area (Å²) in [5.41, 5.74) is 1.00. The van der Waals surface area contributed by atoms with E-state index in [9.17, 15) is 4.79 Å². The van der Waals surface area contributed by atoms with Gasteiger partial charge in [0.05, 0.1) is 19.3 Å². The van der Waals surface area contributed by atoms with Crippen molar-refractivity contribution < 1.29 is 15.0 Å². The Labute approximate surface area is 113 Å². The van der Waals surface area contributed by atoms with Crippen LogP contribution in [0, 0.1) is 0 Å². The summed E-state index contributed by atoms with van der Waals surface area (Å²) in [5, 5.41) is 21.0. The minimum atomic E-state index is -0.446. The molecule has 0 bridgehead atoms. The molecule has 0 radical (unpaired) electrons. The van der Waals surface area contributed by atoms with E-state index < -0.39 is 6.04 Å². The average Bonchev–Trinajstić information content (AvgIpc) is 2.46. The number of nitrogens with one attached hydrogen (secondary N) is 1. The van der Waals surface area contributed by atoms with E-state index in [-0.39, 0.29) is 19.1 Å². The van der Waals surface area contributed by atoms with E-state index in [1.54, 1.807) is 17.0 Å². The van der Waals surface area contributed by atoms with Gasteiger partial charge >= 0.3 is 0 Å². The second kappa shape index (κ2) is 7.70. The lowest BCUT2D eigenvalue weighted by atomic mass is 10.2. The summed E-state index contributed by atoms with van der Waals surface area (Å²) in [6.07, 6.45) is 1.53. The molecule has 1 amide bonds. The summed E-state index contributed by atoms with van der Waals surface area (Å²) in [6, 6.07) is 2.87. The first-order chi connectivity index (χ1) is 9.15. The third-order valence-electron chi connectivity index (χ3n) is 2.84. The van der Waals surface area contributed by atoms with Crippen molar-refractivity contribution in [1.82, 2.24) is 9.88 Å². The number of rotatable bonds is 7. The van der Waals surface area contributed by atoms with Gasteiger partial charge in [0.15, 0.2) is 0 Å². The van der Waals surface area contributed by atoms with Crippen molar-refractivity contribution in [3.8, 4) is 0 Å². The fourth-order valence-electron chi connectivity index (χ4n) is 1.69. The van der Waals surface area contributed by atoms with Crippen molar-refractivity contribution in [2.24, 2.45) is 0 Å². The Morgan fingerprint density at radius 3 is 2.53 bits per heavy atom. The van der Waals surface area contributed by atoms with E-state index in [2.05, 4.69) is 10.3 Å². The van der Waals surface area contributed by atoms with Crippen LogP contribution in [-0.4, -0.2) is 58.3 Å². The van der Waals surface area contributed by atoms with Crippen LogP contribution in [0.4, 0.5) is 5.69 Å². The third-order valence-corrected chi connectivity index (χ3v) is 2.84. The molecule has 106 valence electrons. The second-order valence-electron chi connectivity index (χ2n) is 4.11. The molecule has 6 heteroatoms. The van der Waals surface area contributed by atoms with E-state index >= 15 is 0 Å². The molecule has 0 aliphatic carbocycles. The van der Waals surface area contributed by atoms with Crippen LogP contribution in [0.2, 0.25) is 0 Å². The Kier molecular flexibility index (Phi) is 6.24. The van der Waals surface area contributed by atoms with Crippen LogP contribution in [0.25, 0.3) is 0 Å². The van der Waals surface area contributed by atoms with Gasteiger partial charge in [-0.1, -0.05) is 0 Å². The van der Waals surface area contributed by atoms with E-state index in [0.29, 0.717) is 24.5 Å². The third kappa shape index (κ3) is 4.18. The van der Waals surface area contributed by atoms with Gasteiger partial charge in [-0.3, -0.25) is 9.78 Å². The molecule has 0 saturated heterocycles. The molecule has 1 heterocycles. The second-order valence-corrected chi connectivity index (χ2v) is 4.11. The zero-order chi connectivity index (χ0) is 14.3. The molecule has 0 aromatic carbocycles. The molecule has 0 aliphatic heterocycles. The highest BCUT2D eigenvalue weighted by Crippen LogP contribution is 2.11. The number of aliphatic hydroxyl groups is 2. The molecule has 1 aromatic heterocycles. The number of nitrogens with zero attached hydrogens (tertiary/aromatic N) is 2. The highest BCUT2D eigenvalue weighted by molar-refractivity contribution is 5.93. The van der Waals surface area contributed by atoms with Crippen LogP contribution in [0.15, 0.2) is 18.3 Å². The minimum Gasteiger partial charge on any atom is -0.394 e. The Bertz CT molecular complexity index is 404. The van der Waals surface area contributed by atoms with Crippen LogP contribution in [0.1, 0.15) is 24.3 Å². The zero-order valence-electron chi connectivity index (χ0n) is 11.3. The molecule has 19 heavy (non-hydrogen) atoms. The molecule has 1 aromatic rings. The lowest BCUT2D eigenvalue weighted by Crippen LogP contribution is -2.31. The molecule has 0 spiro atoms. The lowest BCUT2D eigenvalue weighted by Gasteiger charge is -2.19. The van der Waals surface area contributed by atoms with Gasteiger partial charge in [0.25, 0.3) is 5.91 Å². The quantitative estimate of drug-likeness (QED) is 0.663. The maximum atomic E-state index is 12.1. The van der Waals surface area contributed by atoms with E-state index in [1.165, 1.54) is 6.20 Å². The van der Waals surface area contributed by atoms with E-state index in [1.807, 2.05) is 13.8 Å². The highest BCUT2D eigenvalue weighted by atomic mass is 16.3. The van der Waals surface area contributed by atoms with Crippen molar-refractivity contribution in [3.63, 3.8) is 0 Å². The van der Waals surface area contributed by atoms with Gasteiger partial charge < -0.3 is 20.4 Å². The smallest absolute Gasteiger partial charge is 0.272 e. The number of aromatic nitrogens is 1. The Hall–Kier alpha value is -1.66. The molecule has 0 aliphatic rings. The van der Waals surface area contributed by atoms with Gasteiger partial charge in [-0.2, -0.15) is 0 Å². The number of carbonyl (C=O) groups excluding carboxylic acids is 1. The SMILES string of the molecule is CCN(CC)C(=O)c1cc(NC(CO)CO)ccn1. The first-order valence-electron chi connectivity index (χ1n) is 6.39. The summed E-state index contributed by atoms with van der Waals surface area (Å²) < 4.78 is 0. The van der Waals surface area contributed by atoms with Gasteiger partial charge in [-0.05, 0) is 26.0 Å². The number of pyridine rings is 1. The Morgan fingerprint density at radius 2 is 2.00 bits per heavy atom. The largest absolute Gasteiger partial charge is 0.394 e. The number of hydrogen-bond donors (Lipinski definition) is 3. The molecule has 0 fully saturated rings. The first-order valence-corrected chi connectivity index (χ1v) is 6.39. The minimum absolute atomic E-state index is 0.127. The zero-order valence-corrected chi connectivity index (χ0v) is 11.3. The van der Waals surface area contributed by atoms with Crippen LogP contribution in [0.3, 0.4) is 0 Å².